The Hall–Kier alpha value is -2.10. The molecule has 0 bridgehead atoms. The second-order valence-corrected chi connectivity index (χ2v) is 6.59. The topological polar surface area (TPSA) is 46.2 Å². The summed E-state index contributed by atoms with van der Waals surface area (Å²) in [6.45, 7) is 0. The van der Waals surface area contributed by atoms with Gasteiger partial charge in [-0.1, -0.05) is 47.5 Å². The minimum Gasteiger partial charge on any atom is -0.326 e. The third-order valence-electron chi connectivity index (χ3n) is 4.02. The molecule has 0 aromatic heterocycles. The molecule has 3 rings (SSSR count). The molecule has 0 spiro atoms. The highest BCUT2D eigenvalue weighted by Crippen LogP contribution is 2.34. The zero-order valence-electron chi connectivity index (χ0n) is 12.7. The van der Waals surface area contributed by atoms with Crippen molar-refractivity contribution in [3.8, 4) is 0 Å². The van der Waals surface area contributed by atoms with Crippen molar-refractivity contribution < 1.29 is 9.59 Å². The highest BCUT2D eigenvalue weighted by atomic mass is 35.5. The molecule has 1 N–H and O–H groups in total. The Morgan fingerprint density at radius 1 is 1.04 bits per heavy atom. The van der Waals surface area contributed by atoms with E-state index in [2.05, 4.69) is 5.32 Å². The summed E-state index contributed by atoms with van der Waals surface area (Å²) in [5.41, 5.74) is 1.51. The molecule has 24 heavy (non-hydrogen) atoms. The van der Waals surface area contributed by atoms with Gasteiger partial charge in [-0.05, 0) is 42.0 Å². The highest BCUT2D eigenvalue weighted by Gasteiger charge is 2.32. The first kappa shape index (κ1) is 16.7. The molecule has 0 radical (unpaired) electrons. The summed E-state index contributed by atoms with van der Waals surface area (Å²) >= 11 is 12.0. The van der Waals surface area contributed by atoms with E-state index in [1.165, 1.54) is 6.08 Å². The third-order valence-corrected chi connectivity index (χ3v) is 4.49. The molecule has 0 saturated heterocycles. The van der Waals surface area contributed by atoms with Gasteiger partial charge in [0.05, 0.1) is 5.92 Å². The molecule has 1 aliphatic rings. The normalized spacial score (nSPS) is 20.0. The zero-order chi connectivity index (χ0) is 17.1. The van der Waals surface area contributed by atoms with E-state index in [1.807, 2.05) is 12.1 Å². The first-order valence-electron chi connectivity index (χ1n) is 7.56. The Balaban J connectivity index is 1.87. The van der Waals surface area contributed by atoms with Gasteiger partial charge in [0.15, 0.2) is 5.78 Å². The molecule has 122 valence electrons. The van der Waals surface area contributed by atoms with E-state index in [0.29, 0.717) is 15.7 Å². The lowest BCUT2D eigenvalue weighted by atomic mass is 9.78. The van der Waals surface area contributed by atoms with Gasteiger partial charge in [-0.25, -0.2) is 0 Å². The molecule has 2 aromatic carbocycles. The van der Waals surface area contributed by atoms with Gasteiger partial charge in [0.2, 0.25) is 5.91 Å². The Morgan fingerprint density at radius 3 is 2.46 bits per heavy atom. The van der Waals surface area contributed by atoms with Crippen LogP contribution in [0.1, 0.15) is 17.9 Å². The maximum atomic E-state index is 12.7. The number of hydrogen-bond acceptors (Lipinski definition) is 2. The van der Waals surface area contributed by atoms with Crippen LogP contribution in [0.5, 0.6) is 0 Å². The van der Waals surface area contributed by atoms with E-state index in [1.54, 1.807) is 42.5 Å². The summed E-state index contributed by atoms with van der Waals surface area (Å²) in [5, 5.41) is 4.00. The van der Waals surface area contributed by atoms with Crippen molar-refractivity contribution >= 4 is 40.6 Å². The third kappa shape index (κ3) is 3.86. The lowest BCUT2D eigenvalue weighted by Crippen LogP contribution is -2.30. The fourth-order valence-corrected chi connectivity index (χ4v) is 3.27. The van der Waals surface area contributed by atoms with Crippen molar-refractivity contribution in [3.63, 3.8) is 0 Å². The van der Waals surface area contributed by atoms with Crippen molar-refractivity contribution in [1.29, 1.82) is 0 Å². The number of benzene rings is 2. The molecule has 1 amide bonds. The van der Waals surface area contributed by atoms with Crippen LogP contribution in [0.2, 0.25) is 10.0 Å². The Labute approximate surface area is 150 Å². The second kappa shape index (κ2) is 7.20. The fourth-order valence-electron chi connectivity index (χ4n) is 2.88. The van der Waals surface area contributed by atoms with Gasteiger partial charge < -0.3 is 5.32 Å². The Kier molecular flexibility index (Phi) is 5.03. The van der Waals surface area contributed by atoms with E-state index < -0.39 is 5.92 Å². The number of ketones is 1. The van der Waals surface area contributed by atoms with Crippen LogP contribution in [0.3, 0.4) is 0 Å². The van der Waals surface area contributed by atoms with Crippen LogP contribution < -0.4 is 5.32 Å². The second-order valence-electron chi connectivity index (χ2n) is 5.72. The zero-order valence-corrected chi connectivity index (χ0v) is 14.2. The van der Waals surface area contributed by atoms with Gasteiger partial charge in [-0.2, -0.15) is 0 Å². The smallest absolute Gasteiger partial charge is 0.231 e. The van der Waals surface area contributed by atoms with E-state index in [0.717, 1.165) is 5.56 Å². The van der Waals surface area contributed by atoms with Gasteiger partial charge in [0.1, 0.15) is 0 Å². The number of allylic oxidation sites excluding steroid dienone is 1. The van der Waals surface area contributed by atoms with Gasteiger partial charge in [0, 0.05) is 28.1 Å². The van der Waals surface area contributed by atoms with Crippen molar-refractivity contribution in [2.75, 3.05) is 5.32 Å². The summed E-state index contributed by atoms with van der Waals surface area (Å²) in [6, 6.07) is 14.3. The number of carbonyl (C=O) groups is 2. The standard InChI is InChI=1S/C19H15Cl2NO2/c20-13-4-1-3-12(9-13)18-11-16(23)7-8-17(18)19(24)22-15-6-2-5-14(21)10-15/h1-10,17-18H,11H2,(H,22,24)/t17?,18-/m0/s1. The van der Waals surface area contributed by atoms with Gasteiger partial charge >= 0.3 is 0 Å². The van der Waals surface area contributed by atoms with Crippen molar-refractivity contribution in [2.45, 2.75) is 12.3 Å². The molecule has 0 fully saturated rings. The molecule has 1 unspecified atom stereocenters. The lowest BCUT2D eigenvalue weighted by molar-refractivity contribution is -0.120. The summed E-state index contributed by atoms with van der Waals surface area (Å²) in [6.07, 6.45) is 3.42. The highest BCUT2D eigenvalue weighted by molar-refractivity contribution is 6.31. The van der Waals surface area contributed by atoms with Crippen molar-refractivity contribution in [2.24, 2.45) is 5.92 Å². The number of amides is 1. The van der Waals surface area contributed by atoms with E-state index in [9.17, 15) is 9.59 Å². The molecule has 5 heteroatoms. The van der Waals surface area contributed by atoms with Gasteiger partial charge in [-0.15, -0.1) is 0 Å². The maximum absolute atomic E-state index is 12.7. The predicted molar refractivity (Wildman–Crippen MR) is 96.5 cm³/mol. The minimum atomic E-state index is -0.444. The van der Waals surface area contributed by atoms with E-state index >= 15 is 0 Å². The summed E-state index contributed by atoms with van der Waals surface area (Å²) in [5.74, 6) is -0.849. The summed E-state index contributed by atoms with van der Waals surface area (Å²) < 4.78 is 0. The van der Waals surface area contributed by atoms with Gasteiger partial charge in [-0.3, -0.25) is 9.59 Å². The first-order valence-corrected chi connectivity index (χ1v) is 8.31. The number of anilines is 1. The number of nitrogens with one attached hydrogen (secondary N) is 1. The lowest BCUT2D eigenvalue weighted by Gasteiger charge is -2.26. The van der Waals surface area contributed by atoms with E-state index in [4.69, 9.17) is 23.2 Å². The van der Waals surface area contributed by atoms with Crippen LogP contribution in [0.25, 0.3) is 0 Å². The SMILES string of the molecule is O=C1C=CC(C(=O)Nc2cccc(Cl)c2)[C@H](c2cccc(Cl)c2)C1. The average molecular weight is 360 g/mol. The van der Waals surface area contributed by atoms with Crippen LogP contribution in [0.4, 0.5) is 5.69 Å². The summed E-state index contributed by atoms with van der Waals surface area (Å²) in [7, 11) is 0. The Morgan fingerprint density at radius 2 is 1.75 bits per heavy atom. The number of rotatable bonds is 3. The Bertz CT molecular complexity index is 817. The fraction of sp³-hybridized carbons (Fsp3) is 0.158. The molecule has 2 atom stereocenters. The van der Waals surface area contributed by atoms with Crippen LogP contribution in [-0.4, -0.2) is 11.7 Å². The average Bonchev–Trinajstić information content (AvgIpc) is 2.54. The van der Waals surface area contributed by atoms with Crippen LogP contribution in [-0.2, 0) is 9.59 Å². The molecular weight excluding hydrogens is 345 g/mol. The summed E-state index contributed by atoms with van der Waals surface area (Å²) in [4.78, 5) is 24.5. The monoisotopic (exact) mass is 359 g/mol. The quantitative estimate of drug-likeness (QED) is 0.850. The molecule has 0 saturated carbocycles. The first-order chi connectivity index (χ1) is 11.5. The van der Waals surface area contributed by atoms with Crippen LogP contribution >= 0.6 is 23.2 Å². The van der Waals surface area contributed by atoms with E-state index in [-0.39, 0.29) is 24.0 Å². The maximum Gasteiger partial charge on any atom is 0.231 e. The van der Waals surface area contributed by atoms with Crippen LogP contribution in [0.15, 0.2) is 60.7 Å². The number of hydrogen-bond donors (Lipinski definition) is 1. The molecule has 2 aromatic rings. The number of halogens is 2. The number of carbonyl (C=O) groups excluding carboxylic acids is 2. The van der Waals surface area contributed by atoms with Gasteiger partial charge in [0.25, 0.3) is 0 Å². The van der Waals surface area contributed by atoms with Crippen molar-refractivity contribution in [3.05, 3.63) is 76.3 Å². The van der Waals surface area contributed by atoms with Crippen molar-refractivity contribution in [1.82, 2.24) is 0 Å². The molecule has 0 aliphatic heterocycles. The molecule has 1 aliphatic carbocycles. The largest absolute Gasteiger partial charge is 0.326 e. The molecular formula is C19H15Cl2NO2. The minimum absolute atomic E-state index is 0.00628. The molecule has 3 nitrogen and oxygen atoms in total. The van der Waals surface area contributed by atoms with Crippen LogP contribution in [0, 0.1) is 5.92 Å². The predicted octanol–water partition coefficient (Wildman–Crippen LogP) is 4.86. The molecule has 0 heterocycles.